The summed E-state index contributed by atoms with van der Waals surface area (Å²) < 4.78 is 24.4. The zero-order valence-corrected chi connectivity index (χ0v) is 10.6. The van der Waals surface area contributed by atoms with Gasteiger partial charge in [0.15, 0.2) is 5.79 Å². The van der Waals surface area contributed by atoms with Crippen molar-refractivity contribution in [1.82, 2.24) is 0 Å². The predicted octanol–water partition coefficient (Wildman–Crippen LogP) is 3.04. The molecule has 1 heterocycles. The van der Waals surface area contributed by atoms with Crippen LogP contribution in [0.1, 0.15) is 13.8 Å². The van der Waals surface area contributed by atoms with E-state index in [-0.39, 0.29) is 11.9 Å². The van der Waals surface area contributed by atoms with Gasteiger partial charge in [0.05, 0.1) is 24.9 Å². The fraction of sp³-hybridized carbons (Fsp3) is 0.500. The molecule has 0 aromatic heterocycles. The van der Waals surface area contributed by atoms with E-state index in [9.17, 15) is 4.39 Å². The van der Waals surface area contributed by atoms with Gasteiger partial charge in [0, 0.05) is 5.02 Å². The molecule has 1 aromatic rings. The molecule has 0 amide bonds. The number of nitrogens with one attached hydrogen (secondary N) is 1. The summed E-state index contributed by atoms with van der Waals surface area (Å²) in [5, 5.41) is 3.51. The number of hydrogen-bond acceptors (Lipinski definition) is 3. The van der Waals surface area contributed by atoms with E-state index >= 15 is 0 Å². The van der Waals surface area contributed by atoms with Gasteiger partial charge in [-0.25, -0.2) is 4.39 Å². The molecule has 0 atom stereocenters. The predicted molar refractivity (Wildman–Crippen MR) is 64.8 cm³/mol. The molecule has 1 saturated heterocycles. The van der Waals surface area contributed by atoms with E-state index in [1.807, 2.05) is 13.8 Å². The lowest BCUT2D eigenvalue weighted by Gasteiger charge is -2.35. The number of benzene rings is 1. The first kappa shape index (κ1) is 12.6. The van der Waals surface area contributed by atoms with Crippen LogP contribution < -0.4 is 5.32 Å². The Morgan fingerprint density at radius 3 is 2.65 bits per heavy atom. The molecule has 0 radical (unpaired) electrons. The zero-order valence-electron chi connectivity index (χ0n) is 9.80. The molecule has 1 N–H and O–H groups in total. The summed E-state index contributed by atoms with van der Waals surface area (Å²) in [6.07, 6.45) is 0. The Kier molecular flexibility index (Phi) is 3.56. The quantitative estimate of drug-likeness (QED) is 0.886. The van der Waals surface area contributed by atoms with Crippen molar-refractivity contribution in [3.8, 4) is 0 Å². The molecule has 5 heteroatoms. The summed E-state index contributed by atoms with van der Waals surface area (Å²) >= 11 is 5.81. The van der Waals surface area contributed by atoms with E-state index in [0.29, 0.717) is 23.9 Å². The molecule has 3 nitrogen and oxygen atoms in total. The monoisotopic (exact) mass is 259 g/mol. The van der Waals surface area contributed by atoms with Gasteiger partial charge in [-0.05, 0) is 32.0 Å². The maximum atomic E-state index is 13.5. The van der Waals surface area contributed by atoms with Gasteiger partial charge >= 0.3 is 0 Å². The van der Waals surface area contributed by atoms with Crippen LogP contribution in [-0.4, -0.2) is 25.0 Å². The van der Waals surface area contributed by atoms with Crippen molar-refractivity contribution in [3.63, 3.8) is 0 Å². The van der Waals surface area contributed by atoms with E-state index in [1.165, 1.54) is 12.1 Å². The molecule has 1 aliphatic rings. The molecule has 0 aliphatic carbocycles. The molecule has 17 heavy (non-hydrogen) atoms. The summed E-state index contributed by atoms with van der Waals surface area (Å²) in [5.41, 5.74) is 0.370. The highest BCUT2D eigenvalue weighted by Crippen LogP contribution is 2.23. The van der Waals surface area contributed by atoms with Crippen molar-refractivity contribution in [2.24, 2.45) is 0 Å². The standard InChI is InChI=1S/C12H15ClFNO2/c1-12(2)16-6-9(7-17-12)15-11-5-8(13)3-4-10(11)14/h3-5,9,15H,6-7H2,1-2H3. The van der Waals surface area contributed by atoms with Gasteiger partial charge in [0.2, 0.25) is 0 Å². The third kappa shape index (κ3) is 3.31. The van der Waals surface area contributed by atoms with Crippen LogP contribution in [0.5, 0.6) is 0 Å². The minimum atomic E-state index is -0.564. The van der Waals surface area contributed by atoms with Crippen LogP contribution >= 0.6 is 11.6 Å². The van der Waals surface area contributed by atoms with Crippen molar-refractivity contribution >= 4 is 17.3 Å². The van der Waals surface area contributed by atoms with Crippen LogP contribution in [0.25, 0.3) is 0 Å². The molecule has 0 unspecified atom stereocenters. The molecule has 2 rings (SSSR count). The highest BCUT2D eigenvalue weighted by Gasteiger charge is 2.28. The third-order valence-corrected chi connectivity index (χ3v) is 2.79. The van der Waals surface area contributed by atoms with Crippen LogP contribution in [-0.2, 0) is 9.47 Å². The Morgan fingerprint density at radius 1 is 1.35 bits per heavy atom. The molecular formula is C12H15ClFNO2. The molecule has 94 valence electrons. The van der Waals surface area contributed by atoms with Gasteiger partial charge in [0.1, 0.15) is 5.82 Å². The van der Waals surface area contributed by atoms with Crippen molar-refractivity contribution in [2.45, 2.75) is 25.7 Å². The Bertz CT molecular complexity index is 401. The smallest absolute Gasteiger partial charge is 0.162 e. The number of halogens is 2. The summed E-state index contributed by atoms with van der Waals surface area (Å²) in [4.78, 5) is 0. The van der Waals surface area contributed by atoms with E-state index in [2.05, 4.69) is 5.32 Å². The average Bonchev–Trinajstić information content (AvgIpc) is 2.26. The second-order valence-electron chi connectivity index (χ2n) is 4.49. The number of hydrogen-bond donors (Lipinski definition) is 1. The Morgan fingerprint density at radius 2 is 2.00 bits per heavy atom. The SMILES string of the molecule is CC1(C)OCC(Nc2cc(Cl)ccc2F)CO1. The molecule has 1 aromatic carbocycles. The van der Waals surface area contributed by atoms with Crippen molar-refractivity contribution in [2.75, 3.05) is 18.5 Å². The highest BCUT2D eigenvalue weighted by molar-refractivity contribution is 6.30. The summed E-state index contributed by atoms with van der Waals surface area (Å²) in [6, 6.07) is 4.32. The van der Waals surface area contributed by atoms with E-state index < -0.39 is 5.79 Å². The zero-order chi connectivity index (χ0) is 12.5. The third-order valence-electron chi connectivity index (χ3n) is 2.55. The van der Waals surface area contributed by atoms with Crippen LogP contribution in [0, 0.1) is 5.82 Å². The van der Waals surface area contributed by atoms with Crippen molar-refractivity contribution < 1.29 is 13.9 Å². The lowest BCUT2D eigenvalue weighted by molar-refractivity contribution is -0.247. The van der Waals surface area contributed by atoms with Crippen LogP contribution in [0.2, 0.25) is 5.02 Å². The van der Waals surface area contributed by atoms with Gasteiger partial charge in [-0.15, -0.1) is 0 Å². The molecular weight excluding hydrogens is 245 g/mol. The van der Waals surface area contributed by atoms with Crippen LogP contribution in [0.15, 0.2) is 18.2 Å². The average molecular weight is 260 g/mol. The van der Waals surface area contributed by atoms with Crippen LogP contribution in [0.3, 0.4) is 0 Å². The maximum absolute atomic E-state index is 13.5. The van der Waals surface area contributed by atoms with E-state index in [0.717, 1.165) is 0 Å². The molecule has 0 bridgehead atoms. The molecule has 0 saturated carbocycles. The first-order valence-electron chi connectivity index (χ1n) is 5.46. The minimum absolute atomic E-state index is 0.0732. The largest absolute Gasteiger partial charge is 0.375 e. The van der Waals surface area contributed by atoms with Crippen LogP contribution in [0.4, 0.5) is 10.1 Å². The van der Waals surface area contributed by atoms with E-state index in [1.54, 1.807) is 6.07 Å². The second kappa shape index (κ2) is 4.80. The fourth-order valence-corrected chi connectivity index (χ4v) is 1.78. The Hall–Kier alpha value is -0.840. The molecule has 0 spiro atoms. The maximum Gasteiger partial charge on any atom is 0.162 e. The van der Waals surface area contributed by atoms with Gasteiger partial charge in [-0.2, -0.15) is 0 Å². The lowest BCUT2D eigenvalue weighted by atomic mass is 10.2. The first-order valence-corrected chi connectivity index (χ1v) is 5.83. The van der Waals surface area contributed by atoms with Gasteiger partial charge in [0.25, 0.3) is 0 Å². The molecule has 1 aliphatic heterocycles. The summed E-state index contributed by atoms with van der Waals surface area (Å²) in [5.74, 6) is -0.898. The lowest BCUT2D eigenvalue weighted by Crippen LogP contribution is -2.45. The summed E-state index contributed by atoms with van der Waals surface area (Å²) in [6.45, 7) is 4.64. The van der Waals surface area contributed by atoms with Gasteiger partial charge in [-0.1, -0.05) is 11.6 Å². The fourth-order valence-electron chi connectivity index (χ4n) is 1.60. The van der Waals surface area contributed by atoms with Gasteiger partial charge in [-0.3, -0.25) is 0 Å². The second-order valence-corrected chi connectivity index (χ2v) is 4.92. The van der Waals surface area contributed by atoms with Crippen molar-refractivity contribution in [3.05, 3.63) is 29.0 Å². The topological polar surface area (TPSA) is 30.5 Å². The Balaban J connectivity index is 2.00. The van der Waals surface area contributed by atoms with Gasteiger partial charge < -0.3 is 14.8 Å². The highest BCUT2D eigenvalue weighted by atomic mass is 35.5. The number of ether oxygens (including phenoxy) is 2. The first-order chi connectivity index (χ1) is 7.96. The Labute approximate surface area is 105 Å². The molecule has 1 fully saturated rings. The minimum Gasteiger partial charge on any atom is -0.375 e. The number of rotatable bonds is 2. The summed E-state index contributed by atoms with van der Waals surface area (Å²) in [7, 11) is 0. The number of anilines is 1. The normalized spacial score (nSPS) is 20.2. The van der Waals surface area contributed by atoms with E-state index in [4.69, 9.17) is 21.1 Å². The van der Waals surface area contributed by atoms with Crippen molar-refractivity contribution in [1.29, 1.82) is 0 Å².